The van der Waals surface area contributed by atoms with Crippen molar-refractivity contribution in [3.05, 3.63) is 111 Å². The molecule has 1 aliphatic rings. The fraction of sp³-hybridized carbons (Fsp3) is 0.421. The summed E-state index contributed by atoms with van der Waals surface area (Å²) in [5.41, 5.74) is 10.4. The molecule has 0 amide bonds. The van der Waals surface area contributed by atoms with E-state index in [0.717, 1.165) is 44.9 Å². The van der Waals surface area contributed by atoms with Crippen LogP contribution in [0.1, 0.15) is 95.2 Å². The lowest BCUT2D eigenvalue weighted by Crippen LogP contribution is -2.69. The molecular formula is C38H50Si. The molecule has 4 rings (SSSR count). The summed E-state index contributed by atoms with van der Waals surface area (Å²) in [7, 11) is -2.61. The molecule has 1 heteroatoms. The van der Waals surface area contributed by atoms with Crippen molar-refractivity contribution < 1.29 is 0 Å². The molecule has 0 nitrogen and oxygen atoms in total. The molecule has 39 heavy (non-hydrogen) atoms. The van der Waals surface area contributed by atoms with Crippen LogP contribution in [0.4, 0.5) is 0 Å². The highest BCUT2D eigenvalue weighted by molar-refractivity contribution is 7.16. The highest BCUT2D eigenvalue weighted by Crippen LogP contribution is 2.34. The zero-order chi connectivity index (χ0) is 28.2. The molecule has 0 unspecified atom stereocenters. The number of benzene rings is 3. The van der Waals surface area contributed by atoms with Crippen LogP contribution in [0.25, 0.3) is 0 Å². The van der Waals surface area contributed by atoms with Crippen LogP contribution in [0.5, 0.6) is 0 Å². The maximum Gasteiger partial charge on any atom is 0.179 e. The Bertz CT molecular complexity index is 1170. The summed E-state index contributed by atoms with van der Waals surface area (Å²) < 4.78 is 0. The predicted octanol–water partition coefficient (Wildman–Crippen LogP) is 7.98. The minimum absolute atomic E-state index is 0.505. The third kappa shape index (κ3) is 5.66. The molecule has 3 aromatic carbocycles. The van der Waals surface area contributed by atoms with Crippen molar-refractivity contribution in [1.82, 2.24) is 0 Å². The molecule has 206 valence electrons. The molecule has 0 saturated carbocycles. The van der Waals surface area contributed by atoms with Crippen LogP contribution in [0.15, 0.2) is 77.5 Å². The second-order valence-corrected chi connectivity index (χ2v) is 15.4. The molecule has 0 fully saturated rings. The largest absolute Gasteiger partial charge is 0.179 e. The summed E-state index contributed by atoms with van der Waals surface area (Å²) >= 11 is 0. The Labute approximate surface area is 240 Å². The van der Waals surface area contributed by atoms with Crippen molar-refractivity contribution in [2.24, 2.45) is 5.92 Å². The lowest BCUT2D eigenvalue weighted by atomic mass is 10.1. The second-order valence-electron chi connectivity index (χ2n) is 11.7. The normalized spacial score (nSPS) is 13.7. The van der Waals surface area contributed by atoms with E-state index >= 15 is 0 Å². The van der Waals surface area contributed by atoms with Crippen LogP contribution >= 0.6 is 0 Å². The maximum atomic E-state index is 2.61. The van der Waals surface area contributed by atoms with Crippen molar-refractivity contribution in [1.29, 1.82) is 0 Å². The van der Waals surface area contributed by atoms with Crippen LogP contribution in [0, 0.1) is 5.92 Å². The maximum absolute atomic E-state index is 2.61. The summed E-state index contributed by atoms with van der Waals surface area (Å²) in [6.07, 6.45) is 12.6. The van der Waals surface area contributed by atoms with E-state index in [0.29, 0.717) is 5.92 Å². The minimum Gasteiger partial charge on any atom is -0.0801 e. The Kier molecular flexibility index (Phi) is 9.54. The molecule has 0 heterocycles. The minimum atomic E-state index is -2.61. The fourth-order valence-corrected chi connectivity index (χ4v) is 12.2. The van der Waals surface area contributed by atoms with E-state index in [1.54, 1.807) is 26.3 Å². The summed E-state index contributed by atoms with van der Waals surface area (Å²) in [5, 5.41) is 6.36. The molecule has 0 atom stereocenters. The highest BCUT2D eigenvalue weighted by Gasteiger charge is 2.46. The van der Waals surface area contributed by atoms with Crippen molar-refractivity contribution in [3.63, 3.8) is 0 Å². The van der Waals surface area contributed by atoms with Gasteiger partial charge in [0.2, 0.25) is 0 Å². The van der Waals surface area contributed by atoms with Crippen LogP contribution in [0.3, 0.4) is 0 Å². The van der Waals surface area contributed by atoms with Crippen LogP contribution in [-0.2, 0) is 38.5 Å². The lowest BCUT2D eigenvalue weighted by Gasteiger charge is -2.39. The number of hydrogen-bond donors (Lipinski definition) is 0. The smallest absolute Gasteiger partial charge is 0.0801 e. The Balaban J connectivity index is 2.26. The first-order valence-electron chi connectivity index (χ1n) is 15.6. The van der Waals surface area contributed by atoms with Crippen molar-refractivity contribution >= 4 is 23.6 Å². The summed E-state index contributed by atoms with van der Waals surface area (Å²) in [6, 6.07) is 22.9. The van der Waals surface area contributed by atoms with Gasteiger partial charge >= 0.3 is 0 Å². The van der Waals surface area contributed by atoms with Crippen LogP contribution in [0.2, 0.25) is 0 Å². The number of allylic oxidation sites excluding steroid dienone is 4. The molecule has 0 saturated heterocycles. The predicted molar refractivity (Wildman–Crippen MR) is 176 cm³/mol. The van der Waals surface area contributed by atoms with Gasteiger partial charge in [-0.1, -0.05) is 122 Å². The van der Waals surface area contributed by atoms with Gasteiger partial charge in [-0.15, -0.1) is 0 Å². The standard InChI is InChI=1S/C38H50Si/c1-9-28-18-29(10-2)22-34(21-28)39(38-17-15-16-37(38)27(7)8,35-23-30(11-3)19-31(12-4)24-35)36-25-32(13-5)20-33(14-6)26-36/h16-27H,9-15H2,1-8H3. The zero-order valence-corrected chi connectivity index (χ0v) is 26.9. The number of aryl methyl sites for hydroxylation is 6. The van der Waals surface area contributed by atoms with E-state index in [4.69, 9.17) is 0 Å². The van der Waals surface area contributed by atoms with E-state index in [1.807, 2.05) is 0 Å². The van der Waals surface area contributed by atoms with Crippen molar-refractivity contribution in [2.75, 3.05) is 0 Å². The highest BCUT2D eigenvalue weighted by atomic mass is 28.3. The van der Waals surface area contributed by atoms with Crippen molar-refractivity contribution in [3.8, 4) is 0 Å². The van der Waals surface area contributed by atoms with Gasteiger partial charge in [-0.05, 0) is 111 Å². The lowest BCUT2D eigenvalue weighted by molar-refractivity contribution is 0.788. The molecule has 0 bridgehead atoms. The molecule has 0 aliphatic heterocycles. The Morgan fingerprint density at radius 3 is 1.05 bits per heavy atom. The van der Waals surface area contributed by atoms with E-state index in [9.17, 15) is 0 Å². The van der Waals surface area contributed by atoms with E-state index < -0.39 is 8.07 Å². The average Bonchev–Trinajstić information content (AvgIpc) is 3.47. The SMILES string of the molecule is CCc1cc(CC)cc([Si](C2=CCC=C2C(C)C)(c2cc(CC)cc(CC)c2)c2cc(CC)cc(CC)c2)c1. The average molecular weight is 535 g/mol. The molecule has 0 aromatic heterocycles. The van der Waals surface area contributed by atoms with E-state index in [2.05, 4.69) is 122 Å². The fourth-order valence-electron chi connectivity index (χ4n) is 6.58. The Morgan fingerprint density at radius 1 is 0.487 bits per heavy atom. The van der Waals surface area contributed by atoms with Crippen LogP contribution in [-0.4, -0.2) is 8.07 Å². The monoisotopic (exact) mass is 534 g/mol. The Morgan fingerprint density at radius 2 is 0.795 bits per heavy atom. The second kappa shape index (κ2) is 12.7. The van der Waals surface area contributed by atoms with Gasteiger partial charge in [-0.3, -0.25) is 0 Å². The molecular weight excluding hydrogens is 485 g/mol. The molecule has 1 aliphatic carbocycles. The van der Waals surface area contributed by atoms with Gasteiger partial charge in [-0.25, -0.2) is 0 Å². The van der Waals surface area contributed by atoms with E-state index in [1.165, 1.54) is 33.4 Å². The van der Waals surface area contributed by atoms with E-state index in [-0.39, 0.29) is 0 Å². The third-order valence-electron chi connectivity index (χ3n) is 8.90. The van der Waals surface area contributed by atoms with Crippen LogP contribution < -0.4 is 15.6 Å². The first-order chi connectivity index (χ1) is 18.8. The van der Waals surface area contributed by atoms with Gasteiger partial charge in [-0.2, -0.15) is 0 Å². The first-order valence-corrected chi connectivity index (χ1v) is 17.6. The summed E-state index contributed by atoms with van der Waals surface area (Å²) in [6.45, 7) is 18.7. The summed E-state index contributed by atoms with van der Waals surface area (Å²) in [4.78, 5) is 0. The van der Waals surface area contributed by atoms with Crippen molar-refractivity contribution in [2.45, 2.75) is 100 Å². The molecule has 0 N–H and O–H groups in total. The first kappa shape index (κ1) is 29.3. The van der Waals surface area contributed by atoms with Gasteiger partial charge in [0.15, 0.2) is 8.07 Å². The molecule has 3 aromatic rings. The zero-order valence-electron chi connectivity index (χ0n) is 25.9. The number of hydrogen-bond acceptors (Lipinski definition) is 0. The van der Waals surface area contributed by atoms with Gasteiger partial charge < -0.3 is 0 Å². The Hall–Kier alpha value is -2.64. The van der Waals surface area contributed by atoms with Gasteiger partial charge in [0, 0.05) is 0 Å². The molecule has 0 radical (unpaired) electrons. The quantitative estimate of drug-likeness (QED) is 0.173. The molecule has 0 spiro atoms. The third-order valence-corrected chi connectivity index (χ3v) is 13.7. The summed E-state index contributed by atoms with van der Waals surface area (Å²) in [5.74, 6) is 0.505. The van der Waals surface area contributed by atoms with Gasteiger partial charge in [0.25, 0.3) is 0 Å². The number of rotatable bonds is 11. The van der Waals surface area contributed by atoms with Gasteiger partial charge in [0.05, 0.1) is 0 Å². The van der Waals surface area contributed by atoms with Gasteiger partial charge in [0.1, 0.15) is 0 Å². The topological polar surface area (TPSA) is 0 Å².